The van der Waals surface area contributed by atoms with Gasteiger partial charge in [0.05, 0.1) is 5.02 Å². The minimum atomic E-state index is -0.337. The smallest absolute Gasteiger partial charge is 0.263 e. The van der Waals surface area contributed by atoms with Crippen LogP contribution in [0.5, 0.6) is 5.75 Å². The maximum absolute atomic E-state index is 11.6. The lowest BCUT2D eigenvalue weighted by Crippen LogP contribution is -2.20. The average Bonchev–Trinajstić information content (AvgIpc) is 2.41. The maximum atomic E-state index is 11.6. The molecule has 0 fully saturated rings. The average molecular weight is 297 g/mol. The van der Waals surface area contributed by atoms with Crippen molar-refractivity contribution in [3.8, 4) is 5.75 Å². The minimum absolute atomic E-state index is 0.130. The van der Waals surface area contributed by atoms with Crippen LogP contribution >= 0.6 is 23.2 Å². The van der Waals surface area contributed by atoms with E-state index in [9.17, 15) is 4.79 Å². The predicted octanol–water partition coefficient (Wildman–Crippen LogP) is 3.41. The highest BCUT2D eigenvalue weighted by Gasteiger charge is 2.07. The van der Waals surface area contributed by atoms with Gasteiger partial charge in [-0.15, -0.1) is 0 Å². The Kier molecular flexibility index (Phi) is 4.60. The van der Waals surface area contributed by atoms with Crippen LogP contribution in [0.25, 0.3) is 0 Å². The highest BCUT2D eigenvalue weighted by molar-refractivity contribution is 6.33. The van der Waals surface area contributed by atoms with Gasteiger partial charge in [-0.2, -0.15) is 0 Å². The maximum Gasteiger partial charge on any atom is 0.263 e. The summed E-state index contributed by atoms with van der Waals surface area (Å²) in [7, 11) is 0. The molecule has 0 bridgehead atoms. The lowest BCUT2D eigenvalue weighted by Gasteiger charge is -2.07. The number of hydrogen-bond donors (Lipinski definition) is 1. The van der Waals surface area contributed by atoms with E-state index in [-0.39, 0.29) is 12.5 Å². The van der Waals surface area contributed by atoms with E-state index in [0.717, 1.165) is 0 Å². The second-order valence-corrected chi connectivity index (χ2v) is 4.47. The van der Waals surface area contributed by atoms with Crippen molar-refractivity contribution >= 4 is 34.9 Å². The number of ether oxygens (including phenoxy) is 1. The molecule has 0 aliphatic heterocycles. The Morgan fingerprint density at radius 1 is 1.21 bits per heavy atom. The number of carbonyl (C=O) groups is 1. The first kappa shape index (κ1) is 13.6. The summed E-state index contributed by atoms with van der Waals surface area (Å²) in [5.74, 6) is 0.538. The number of pyridine rings is 1. The fourth-order valence-electron chi connectivity index (χ4n) is 1.33. The Labute approximate surface area is 120 Å². The molecule has 1 aromatic heterocycles. The zero-order chi connectivity index (χ0) is 13.7. The van der Waals surface area contributed by atoms with E-state index in [1.165, 1.54) is 0 Å². The van der Waals surface area contributed by atoms with Gasteiger partial charge in [-0.05, 0) is 36.4 Å². The summed E-state index contributed by atoms with van der Waals surface area (Å²) in [5, 5.41) is 3.54. The molecule has 1 N–H and O–H groups in total. The fourth-order valence-corrected chi connectivity index (χ4v) is 1.62. The monoisotopic (exact) mass is 296 g/mol. The van der Waals surface area contributed by atoms with Crippen LogP contribution in [0.1, 0.15) is 0 Å². The van der Waals surface area contributed by atoms with Gasteiger partial charge < -0.3 is 10.1 Å². The number of hydrogen-bond acceptors (Lipinski definition) is 3. The molecule has 19 heavy (non-hydrogen) atoms. The zero-order valence-electron chi connectivity index (χ0n) is 9.77. The largest absolute Gasteiger partial charge is 0.484 e. The quantitative estimate of drug-likeness (QED) is 0.941. The van der Waals surface area contributed by atoms with Gasteiger partial charge in [-0.25, -0.2) is 4.98 Å². The molecular weight excluding hydrogens is 287 g/mol. The van der Waals surface area contributed by atoms with Crippen molar-refractivity contribution in [1.82, 2.24) is 4.98 Å². The van der Waals surface area contributed by atoms with Crippen LogP contribution in [-0.4, -0.2) is 17.5 Å². The minimum Gasteiger partial charge on any atom is -0.484 e. The number of amides is 1. The van der Waals surface area contributed by atoms with Gasteiger partial charge in [-0.3, -0.25) is 4.79 Å². The summed E-state index contributed by atoms with van der Waals surface area (Å²) >= 11 is 11.6. The van der Waals surface area contributed by atoms with Gasteiger partial charge in [0, 0.05) is 11.2 Å². The van der Waals surface area contributed by atoms with Crippen LogP contribution in [0.2, 0.25) is 10.0 Å². The number of aromatic nitrogens is 1. The number of carbonyl (C=O) groups excluding carboxylic acids is 1. The number of nitrogens with zero attached hydrogens (tertiary/aromatic N) is 1. The summed E-state index contributed by atoms with van der Waals surface area (Å²) in [6.45, 7) is -0.130. The summed E-state index contributed by atoms with van der Waals surface area (Å²) in [5.41, 5.74) is 0. The van der Waals surface area contributed by atoms with E-state index in [4.69, 9.17) is 27.9 Å². The van der Waals surface area contributed by atoms with Gasteiger partial charge in [0.2, 0.25) is 0 Å². The van der Waals surface area contributed by atoms with Crippen LogP contribution in [0.15, 0.2) is 42.6 Å². The molecule has 2 rings (SSSR count). The van der Waals surface area contributed by atoms with Gasteiger partial charge in [-0.1, -0.05) is 23.2 Å². The Morgan fingerprint density at radius 2 is 1.95 bits per heavy atom. The normalized spacial score (nSPS) is 10.0. The number of anilines is 1. The molecule has 1 heterocycles. The van der Waals surface area contributed by atoms with Crippen molar-refractivity contribution < 1.29 is 9.53 Å². The molecule has 1 aromatic carbocycles. The number of rotatable bonds is 4. The van der Waals surface area contributed by atoms with Crippen LogP contribution in [0.3, 0.4) is 0 Å². The molecule has 2 aromatic rings. The predicted molar refractivity (Wildman–Crippen MR) is 74.8 cm³/mol. The Morgan fingerprint density at radius 3 is 2.63 bits per heavy atom. The van der Waals surface area contributed by atoms with Crippen molar-refractivity contribution in [3.05, 3.63) is 52.6 Å². The van der Waals surface area contributed by atoms with Crippen LogP contribution < -0.4 is 10.1 Å². The first-order valence-electron chi connectivity index (χ1n) is 5.44. The molecule has 98 valence electrons. The van der Waals surface area contributed by atoms with Crippen molar-refractivity contribution in [2.75, 3.05) is 11.9 Å². The highest BCUT2D eigenvalue weighted by atomic mass is 35.5. The summed E-state index contributed by atoms with van der Waals surface area (Å²) in [6.07, 6.45) is 1.54. The summed E-state index contributed by atoms with van der Waals surface area (Å²) < 4.78 is 5.29. The molecule has 4 nitrogen and oxygen atoms in total. The molecule has 0 saturated heterocycles. The molecule has 0 aliphatic carbocycles. The van der Waals surface area contributed by atoms with Gasteiger partial charge >= 0.3 is 0 Å². The number of halogens is 2. The fraction of sp³-hybridized carbons (Fsp3) is 0.0769. The van der Waals surface area contributed by atoms with Crippen LogP contribution in [0.4, 0.5) is 5.82 Å². The standard InChI is InChI=1S/C13H10Cl2N2O2/c14-9-3-5-10(6-4-9)19-8-12(18)17-13-11(15)2-1-7-16-13/h1-7H,8H2,(H,16,17,18). The van der Waals surface area contributed by atoms with E-state index in [0.29, 0.717) is 21.6 Å². The summed E-state index contributed by atoms with van der Waals surface area (Å²) in [4.78, 5) is 15.6. The van der Waals surface area contributed by atoms with Crippen molar-refractivity contribution in [1.29, 1.82) is 0 Å². The second-order valence-electron chi connectivity index (χ2n) is 3.62. The SMILES string of the molecule is O=C(COc1ccc(Cl)cc1)Nc1ncccc1Cl. The Bertz CT molecular complexity index is 573. The molecular formula is C13H10Cl2N2O2. The third-order valence-electron chi connectivity index (χ3n) is 2.20. The Balaban J connectivity index is 1.88. The molecule has 1 amide bonds. The van der Waals surface area contributed by atoms with E-state index in [1.807, 2.05) is 0 Å². The van der Waals surface area contributed by atoms with E-state index < -0.39 is 0 Å². The lowest BCUT2D eigenvalue weighted by atomic mass is 10.3. The van der Waals surface area contributed by atoms with Crippen molar-refractivity contribution in [2.24, 2.45) is 0 Å². The number of nitrogens with one attached hydrogen (secondary N) is 1. The second kappa shape index (κ2) is 6.41. The topological polar surface area (TPSA) is 51.2 Å². The van der Waals surface area contributed by atoms with Crippen molar-refractivity contribution in [2.45, 2.75) is 0 Å². The molecule has 6 heteroatoms. The number of benzene rings is 1. The lowest BCUT2D eigenvalue weighted by molar-refractivity contribution is -0.118. The Hall–Kier alpha value is -1.78. The third-order valence-corrected chi connectivity index (χ3v) is 2.76. The molecule has 0 radical (unpaired) electrons. The van der Waals surface area contributed by atoms with Gasteiger partial charge in [0.25, 0.3) is 5.91 Å². The van der Waals surface area contributed by atoms with Crippen LogP contribution in [-0.2, 0) is 4.79 Å². The molecule has 0 atom stereocenters. The first-order valence-corrected chi connectivity index (χ1v) is 6.19. The molecule has 0 spiro atoms. The van der Waals surface area contributed by atoms with Crippen LogP contribution in [0, 0.1) is 0 Å². The molecule has 0 aliphatic rings. The summed E-state index contributed by atoms with van der Waals surface area (Å²) in [6, 6.07) is 10.1. The molecule has 0 saturated carbocycles. The zero-order valence-corrected chi connectivity index (χ0v) is 11.3. The molecule has 0 unspecified atom stereocenters. The van der Waals surface area contributed by atoms with Gasteiger partial charge in [0.15, 0.2) is 12.4 Å². The first-order chi connectivity index (χ1) is 9.15. The van der Waals surface area contributed by atoms with Gasteiger partial charge in [0.1, 0.15) is 5.75 Å². The van der Waals surface area contributed by atoms with Crippen molar-refractivity contribution in [3.63, 3.8) is 0 Å². The van der Waals surface area contributed by atoms with E-state index in [1.54, 1.807) is 42.6 Å². The van der Waals surface area contributed by atoms with E-state index >= 15 is 0 Å². The third kappa shape index (κ3) is 4.12. The van der Waals surface area contributed by atoms with E-state index in [2.05, 4.69) is 10.3 Å². The highest BCUT2D eigenvalue weighted by Crippen LogP contribution is 2.18.